The van der Waals surface area contributed by atoms with Gasteiger partial charge in [0.2, 0.25) is 0 Å². The number of ether oxygens (including phenoxy) is 1. The van der Waals surface area contributed by atoms with Gasteiger partial charge in [0.1, 0.15) is 12.6 Å². The van der Waals surface area contributed by atoms with Gasteiger partial charge in [0.15, 0.2) is 6.20 Å². The largest absolute Gasteiger partial charge is 1.00 e. The highest BCUT2D eigenvalue weighted by Gasteiger charge is 2.22. The molecule has 110 valence electrons. The van der Waals surface area contributed by atoms with Crippen LogP contribution in [0.25, 0.3) is 21.8 Å². The molecule has 0 saturated carbocycles. The Morgan fingerprint density at radius 3 is 2.62 bits per heavy atom. The topological polar surface area (TPSA) is 46.0 Å². The number of benzene rings is 1. The molecule has 3 rings (SSSR count). The van der Waals surface area contributed by atoms with Gasteiger partial charge < -0.3 is 33.7 Å². The second-order valence-corrected chi connectivity index (χ2v) is 5.22. The molecule has 0 saturated heterocycles. The first kappa shape index (κ1) is 15.8. The third-order valence-electron chi connectivity index (χ3n) is 3.31. The fourth-order valence-corrected chi connectivity index (χ4v) is 2.42. The number of aryl methyl sites for hydroxylation is 1. The van der Waals surface area contributed by atoms with E-state index in [0.717, 1.165) is 21.8 Å². The summed E-state index contributed by atoms with van der Waals surface area (Å²) in [6.07, 6.45) is 1.80. The Morgan fingerprint density at radius 2 is 1.90 bits per heavy atom. The summed E-state index contributed by atoms with van der Waals surface area (Å²) in [5.74, 6) is -0.297. The molecule has 0 atom stereocenters. The third kappa shape index (κ3) is 2.88. The van der Waals surface area contributed by atoms with E-state index in [-0.39, 0.29) is 36.0 Å². The molecule has 0 bridgehead atoms. The van der Waals surface area contributed by atoms with Crippen molar-refractivity contribution in [2.45, 2.75) is 20.0 Å². The van der Waals surface area contributed by atoms with E-state index in [2.05, 4.69) is 4.98 Å². The minimum absolute atomic E-state index is 0. The summed E-state index contributed by atoms with van der Waals surface area (Å²) in [5, 5.41) is 2.15. The average Bonchev–Trinajstić information content (AvgIpc) is 2.74. The molecule has 0 radical (unpaired) electrons. The van der Waals surface area contributed by atoms with Crippen LogP contribution in [-0.2, 0) is 11.8 Å². The van der Waals surface area contributed by atoms with Crippen LogP contribution in [0.5, 0.6) is 0 Å². The van der Waals surface area contributed by atoms with Crippen molar-refractivity contribution in [1.29, 1.82) is 0 Å². The lowest BCUT2D eigenvalue weighted by molar-refractivity contribution is -0.672. The maximum Gasteiger partial charge on any atom is 0.403 e. The number of hydrogen-bond acceptors (Lipinski definition) is 2. The number of carbonyl (C=O) groups excluding carboxylic acids is 1. The first-order valence-corrected chi connectivity index (χ1v) is 6.67. The molecular weight excluding hydrogens is 379 g/mol. The fraction of sp³-hybridized carbons (Fsp3) is 0.250. The summed E-state index contributed by atoms with van der Waals surface area (Å²) in [6.45, 7) is 3.70. The Balaban J connectivity index is 0.00000161. The Labute approximate surface area is 140 Å². The second-order valence-electron chi connectivity index (χ2n) is 5.22. The van der Waals surface area contributed by atoms with Crippen LogP contribution in [0.1, 0.15) is 24.3 Å². The maximum absolute atomic E-state index is 12.1. The number of H-pyrrole nitrogens is 1. The lowest BCUT2D eigenvalue weighted by Crippen LogP contribution is -3.00. The van der Waals surface area contributed by atoms with Gasteiger partial charge >= 0.3 is 5.97 Å². The van der Waals surface area contributed by atoms with E-state index < -0.39 is 0 Å². The van der Waals surface area contributed by atoms with Gasteiger partial charge in [-0.15, -0.1) is 0 Å². The molecular formula is C16H17IN2O2. The number of rotatable bonds is 2. The number of nitrogens with zero attached hydrogens (tertiary/aromatic N) is 1. The van der Waals surface area contributed by atoms with E-state index in [0.29, 0.717) is 5.69 Å². The highest BCUT2D eigenvalue weighted by atomic mass is 127. The lowest BCUT2D eigenvalue weighted by atomic mass is 10.1. The molecule has 4 nitrogen and oxygen atoms in total. The SMILES string of the molecule is CC(C)OC(=O)c1cc2c(c[n+]1C)[nH]c1ccccc12.[I-]. The van der Waals surface area contributed by atoms with Crippen LogP contribution in [0.3, 0.4) is 0 Å². The first-order valence-electron chi connectivity index (χ1n) is 6.67. The number of pyridine rings is 1. The number of carbonyl (C=O) groups is 1. The summed E-state index contributed by atoms with van der Waals surface area (Å²) in [4.78, 5) is 15.5. The third-order valence-corrected chi connectivity index (χ3v) is 3.31. The smallest absolute Gasteiger partial charge is 0.403 e. The van der Waals surface area contributed by atoms with Gasteiger partial charge in [-0.3, -0.25) is 0 Å². The van der Waals surface area contributed by atoms with E-state index in [1.807, 2.05) is 57.4 Å². The first-order chi connectivity index (χ1) is 9.56. The summed E-state index contributed by atoms with van der Waals surface area (Å²) in [7, 11) is 1.85. The number of aromatic amines is 1. The van der Waals surface area contributed by atoms with Crippen LogP contribution in [0.2, 0.25) is 0 Å². The van der Waals surface area contributed by atoms with E-state index in [1.54, 1.807) is 4.57 Å². The van der Waals surface area contributed by atoms with Gasteiger partial charge in [-0.2, -0.15) is 4.57 Å². The van der Waals surface area contributed by atoms with Crippen molar-refractivity contribution in [3.05, 3.63) is 42.2 Å². The fourth-order valence-electron chi connectivity index (χ4n) is 2.42. The van der Waals surface area contributed by atoms with Crippen molar-refractivity contribution in [1.82, 2.24) is 4.98 Å². The highest BCUT2D eigenvalue weighted by Crippen LogP contribution is 2.24. The number of fused-ring (bicyclic) bond motifs is 3. The number of hydrogen-bond donors (Lipinski definition) is 1. The van der Waals surface area contributed by atoms with Crippen molar-refractivity contribution >= 4 is 27.8 Å². The monoisotopic (exact) mass is 396 g/mol. The van der Waals surface area contributed by atoms with Crippen molar-refractivity contribution in [3.8, 4) is 0 Å². The van der Waals surface area contributed by atoms with Crippen molar-refractivity contribution in [3.63, 3.8) is 0 Å². The number of halogens is 1. The number of para-hydroxylation sites is 1. The van der Waals surface area contributed by atoms with E-state index in [4.69, 9.17) is 4.74 Å². The molecule has 3 aromatic rings. The molecule has 0 aliphatic carbocycles. The van der Waals surface area contributed by atoms with Crippen LogP contribution >= 0.6 is 0 Å². The summed E-state index contributed by atoms with van der Waals surface area (Å²) in [6, 6.07) is 9.95. The Bertz CT molecular complexity index is 808. The van der Waals surface area contributed by atoms with E-state index in [1.165, 1.54) is 0 Å². The summed E-state index contributed by atoms with van der Waals surface area (Å²) in [5.41, 5.74) is 2.63. The average molecular weight is 396 g/mol. The number of esters is 1. The number of nitrogens with one attached hydrogen (secondary N) is 1. The van der Waals surface area contributed by atoms with Crippen LogP contribution in [0.4, 0.5) is 0 Å². The molecule has 0 fully saturated rings. The zero-order valence-corrected chi connectivity index (χ0v) is 14.3. The van der Waals surface area contributed by atoms with Crippen LogP contribution in [0, 0.1) is 0 Å². The summed E-state index contributed by atoms with van der Waals surface area (Å²) < 4.78 is 7.08. The van der Waals surface area contributed by atoms with Crippen molar-refractivity contribution in [2.24, 2.45) is 7.05 Å². The standard InChI is InChI=1S/C16H16N2O2.HI/c1-10(2)20-16(19)15-8-12-11-6-4-5-7-13(11)17-14(12)9-18(15)3;/h4-10H,1-3H3;1H. The van der Waals surface area contributed by atoms with Crippen LogP contribution in [-0.4, -0.2) is 17.1 Å². The van der Waals surface area contributed by atoms with Crippen LogP contribution in [0.15, 0.2) is 36.5 Å². The Hall–Kier alpha value is -1.63. The maximum atomic E-state index is 12.1. The lowest BCUT2D eigenvalue weighted by Gasteiger charge is -2.06. The Morgan fingerprint density at radius 1 is 1.19 bits per heavy atom. The molecule has 21 heavy (non-hydrogen) atoms. The van der Waals surface area contributed by atoms with E-state index >= 15 is 0 Å². The predicted octanol–water partition coefficient (Wildman–Crippen LogP) is -0.285. The van der Waals surface area contributed by atoms with Crippen molar-refractivity contribution < 1.29 is 38.1 Å². The molecule has 0 unspecified atom stereocenters. The van der Waals surface area contributed by atoms with Gasteiger partial charge in [-0.1, -0.05) is 18.2 Å². The zero-order valence-electron chi connectivity index (χ0n) is 12.2. The molecule has 1 N–H and O–H groups in total. The van der Waals surface area contributed by atoms with Crippen molar-refractivity contribution in [2.75, 3.05) is 0 Å². The molecule has 0 spiro atoms. The minimum Gasteiger partial charge on any atom is -1.00 e. The quantitative estimate of drug-likeness (QED) is 0.368. The second kappa shape index (κ2) is 6.01. The minimum atomic E-state index is -0.297. The zero-order chi connectivity index (χ0) is 14.3. The Kier molecular flexibility index (Phi) is 4.51. The molecule has 0 aliphatic heterocycles. The molecule has 5 heteroatoms. The van der Waals surface area contributed by atoms with Gasteiger partial charge in [-0.05, 0) is 19.9 Å². The van der Waals surface area contributed by atoms with Gasteiger partial charge in [-0.25, -0.2) is 4.79 Å². The summed E-state index contributed by atoms with van der Waals surface area (Å²) >= 11 is 0. The van der Waals surface area contributed by atoms with Gasteiger partial charge in [0.05, 0.1) is 6.10 Å². The van der Waals surface area contributed by atoms with E-state index in [9.17, 15) is 4.79 Å². The molecule has 0 amide bonds. The molecule has 1 aromatic carbocycles. The molecule has 2 heterocycles. The molecule has 2 aromatic heterocycles. The number of aromatic nitrogens is 2. The highest BCUT2D eigenvalue weighted by molar-refractivity contribution is 6.08. The van der Waals surface area contributed by atoms with Gasteiger partial charge in [0, 0.05) is 22.4 Å². The van der Waals surface area contributed by atoms with Gasteiger partial charge in [0.25, 0.3) is 5.69 Å². The molecule has 0 aliphatic rings. The van der Waals surface area contributed by atoms with Crippen LogP contribution < -0.4 is 28.5 Å². The predicted molar refractivity (Wildman–Crippen MR) is 77.5 cm³/mol. The normalized spacial score (nSPS) is 10.9.